The van der Waals surface area contributed by atoms with Crippen molar-refractivity contribution >= 4 is 0 Å². The van der Waals surface area contributed by atoms with Gasteiger partial charge in [-0.3, -0.25) is 4.90 Å². The first-order valence-electron chi connectivity index (χ1n) is 7.64. The minimum Gasteiger partial charge on any atom is -0.393 e. The zero-order valence-electron chi connectivity index (χ0n) is 11.6. The van der Waals surface area contributed by atoms with Crippen LogP contribution in [0.5, 0.6) is 0 Å². The van der Waals surface area contributed by atoms with Gasteiger partial charge in [0.05, 0.1) is 6.10 Å². The number of hydrogen-bond acceptors (Lipinski definition) is 2. The zero-order chi connectivity index (χ0) is 12.3. The molecule has 2 nitrogen and oxygen atoms in total. The standard InChI is InChI=1S/C15H29NO/c1-3-6-12(2)11-16-10-5-8-14(16)13-7-4-9-15(13)17/h12-15,17H,3-11H2,1-2H3. The van der Waals surface area contributed by atoms with Crippen molar-refractivity contribution in [3.63, 3.8) is 0 Å². The monoisotopic (exact) mass is 239 g/mol. The van der Waals surface area contributed by atoms with Crippen molar-refractivity contribution < 1.29 is 5.11 Å². The van der Waals surface area contributed by atoms with E-state index in [0.717, 1.165) is 12.3 Å². The highest BCUT2D eigenvalue weighted by molar-refractivity contribution is 4.91. The molecule has 1 heterocycles. The quantitative estimate of drug-likeness (QED) is 0.797. The average Bonchev–Trinajstić information content (AvgIpc) is 2.87. The Morgan fingerprint density at radius 2 is 2.06 bits per heavy atom. The van der Waals surface area contributed by atoms with Gasteiger partial charge in [-0.2, -0.15) is 0 Å². The normalized spacial score (nSPS) is 36.5. The lowest BCUT2D eigenvalue weighted by atomic mass is 9.93. The van der Waals surface area contributed by atoms with Crippen molar-refractivity contribution in [3.05, 3.63) is 0 Å². The lowest BCUT2D eigenvalue weighted by Gasteiger charge is -2.33. The highest BCUT2D eigenvalue weighted by Gasteiger charge is 2.38. The van der Waals surface area contributed by atoms with Crippen LogP contribution in [0.1, 0.15) is 58.8 Å². The molecule has 100 valence electrons. The molecule has 0 radical (unpaired) electrons. The third kappa shape index (κ3) is 3.23. The summed E-state index contributed by atoms with van der Waals surface area (Å²) in [7, 11) is 0. The molecule has 4 unspecified atom stereocenters. The molecule has 0 aromatic heterocycles. The van der Waals surface area contributed by atoms with Gasteiger partial charge in [-0.1, -0.05) is 26.7 Å². The fraction of sp³-hybridized carbons (Fsp3) is 1.00. The van der Waals surface area contributed by atoms with Gasteiger partial charge in [0.1, 0.15) is 0 Å². The fourth-order valence-electron chi connectivity index (χ4n) is 3.97. The Balaban J connectivity index is 1.88. The van der Waals surface area contributed by atoms with Crippen LogP contribution in [0.4, 0.5) is 0 Å². The molecule has 0 bridgehead atoms. The molecule has 1 aliphatic heterocycles. The van der Waals surface area contributed by atoms with E-state index in [1.54, 1.807) is 0 Å². The van der Waals surface area contributed by atoms with Crippen molar-refractivity contribution in [1.29, 1.82) is 0 Å². The highest BCUT2D eigenvalue weighted by Crippen LogP contribution is 2.36. The SMILES string of the molecule is CCCC(C)CN1CCCC1C1CCCC1O. The maximum absolute atomic E-state index is 10.1. The van der Waals surface area contributed by atoms with Crippen molar-refractivity contribution in [3.8, 4) is 0 Å². The minimum absolute atomic E-state index is 0.0120. The minimum atomic E-state index is -0.0120. The summed E-state index contributed by atoms with van der Waals surface area (Å²) in [5, 5.41) is 10.1. The van der Waals surface area contributed by atoms with E-state index >= 15 is 0 Å². The van der Waals surface area contributed by atoms with Crippen LogP contribution in [0.3, 0.4) is 0 Å². The van der Waals surface area contributed by atoms with Crippen molar-refractivity contribution in [1.82, 2.24) is 4.90 Å². The lowest BCUT2D eigenvalue weighted by Crippen LogP contribution is -2.40. The summed E-state index contributed by atoms with van der Waals surface area (Å²) in [6.45, 7) is 7.17. The second kappa shape index (κ2) is 6.19. The smallest absolute Gasteiger partial charge is 0.0583 e. The molecular formula is C15H29NO. The summed E-state index contributed by atoms with van der Waals surface area (Å²) in [6, 6.07) is 0.687. The summed E-state index contributed by atoms with van der Waals surface area (Å²) in [4.78, 5) is 2.68. The van der Waals surface area contributed by atoms with Gasteiger partial charge in [0.2, 0.25) is 0 Å². The Morgan fingerprint density at radius 1 is 1.24 bits per heavy atom. The van der Waals surface area contributed by atoms with E-state index in [1.165, 1.54) is 51.6 Å². The first-order chi connectivity index (χ1) is 8.22. The van der Waals surface area contributed by atoms with E-state index in [4.69, 9.17) is 0 Å². The topological polar surface area (TPSA) is 23.5 Å². The zero-order valence-corrected chi connectivity index (χ0v) is 11.6. The Hall–Kier alpha value is -0.0800. The van der Waals surface area contributed by atoms with E-state index in [9.17, 15) is 5.11 Å². The van der Waals surface area contributed by atoms with Gasteiger partial charge >= 0.3 is 0 Å². The van der Waals surface area contributed by atoms with Crippen molar-refractivity contribution in [2.24, 2.45) is 11.8 Å². The molecule has 2 fully saturated rings. The molecular weight excluding hydrogens is 210 g/mol. The largest absolute Gasteiger partial charge is 0.393 e. The predicted octanol–water partition coefficient (Wildman–Crippen LogP) is 3.05. The summed E-state index contributed by atoms with van der Waals surface area (Å²) in [5.41, 5.74) is 0. The number of rotatable bonds is 5. The Morgan fingerprint density at radius 3 is 2.71 bits per heavy atom. The number of likely N-dealkylation sites (tertiary alicyclic amines) is 1. The van der Waals surface area contributed by atoms with E-state index in [0.29, 0.717) is 12.0 Å². The van der Waals surface area contributed by atoms with Crippen LogP contribution in [-0.2, 0) is 0 Å². The highest BCUT2D eigenvalue weighted by atomic mass is 16.3. The maximum Gasteiger partial charge on any atom is 0.0583 e. The fourth-order valence-corrected chi connectivity index (χ4v) is 3.97. The van der Waals surface area contributed by atoms with Crippen LogP contribution >= 0.6 is 0 Å². The van der Waals surface area contributed by atoms with Crippen LogP contribution in [0.2, 0.25) is 0 Å². The van der Waals surface area contributed by atoms with Crippen molar-refractivity contribution in [2.45, 2.75) is 70.9 Å². The molecule has 1 aliphatic carbocycles. The van der Waals surface area contributed by atoms with Crippen LogP contribution in [0.25, 0.3) is 0 Å². The van der Waals surface area contributed by atoms with Gasteiger partial charge in [-0.05, 0) is 44.6 Å². The molecule has 0 amide bonds. The Kier molecular flexibility index (Phi) is 4.87. The summed E-state index contributed by atoms with van der Waals surface area (Å²) < 4.78 is 0. The molecule has 0 aromatic rings. The predicted molar refractivity (Wildman–Crippen MR) is 72.0 cm³/mol. The number of aliphatic hydroxyl groups excluding tert-OH is 1. The first-order valence-corrected chi connectivity index (χ1v) is 7.64. The average molecular weight is 239 g/mol. The lowest BCUT2D eigenvalue weighted by molar-refractivity contribution is 0.0687. The van der Waals surface area contributed by atoms with Crippen molar-refractivity contribution in [2.75, 3.05) is 13.1 Å². The third-order valence-electron chi connectivity index (χ3n) is 4.77. The van der Waals surface area contributed by atoms with Gasteiger partial charge in [-0.15, -0.1) is 0 Å². The summed E-state index contributed by atoms with van der Waals surface area (Å²) in [5.74, 6) is 1.39. The number of aliphatic hydroxyl groups is 1. The van der Waals surface area contributed by atoms with Gasteiger partial charge in [0.25, 0.3) is 0 Å². The van der Waals surface area contributed by atoms with Gasteiger partial charge in [0.15, 0.2) is 0 Å². The first kappa shape index (κ1) is 13.4. The molecule has 2 rings (SSSR count). The molecule has 2 heteroatoms. The molecule has 1 saturated heterocycles. The molecule has 1 N–H and O–H groups in total. The molecule has 0 aromatic carbocycles. The van der Waals surface area contributed by atoms with Gasteiger partial charge in [0, 0.05) is 18.5 Å². The van der Waals surface area contributed by atoms with Gasteiger partial charge < -0.3 is 5.11 Å². The van der Waals surface area contributed by atoms with E-state index in [-0.39, 0.29) is 6.10 Å². The summed E-state index contributed by atoms with van der Waals surface area (Å²) in [6.07, 6.45) is 8.82. The van der Waals surface area contributed by atoms with E-state index < -0.39 is 0 Å². The number of hydrogen-bond donors (Lipinski definition) is 1. The second-order valence-corrected chi connectivity index (χ2v) is 6.26. The summed E-state index contributed by atoms with van der Waals surface area (Å²) >= 11 is 0. The number of nitrogens with zero attached hydrogens (tertiary/aromatic N) is 1. The second-order valence-electron chi connectivity index (χ2n) is 6.26. The molecule has 1 saturated carbocycles. The van der Waals surface area contributed by atoms with Crippen LogP contribution in [0.15, 0.2) is 0 Å². The molecule has 2 aliphatic rings. The van der Waals surface area contributed by atoms with Gasteiger partial charge in [-0.25, -0.2) is 0 Å². The Labute approximate surface area is 106 Å². The van der Waals surface area contributed by atoms with Crippen LogP contribution in [0, 0.1) is 11.8 Å². The molecule has 0 spiro atoms. The van der Waals surface area contributed by atoms with Crippen LogP contribution in [-0.4, -0.2) is 35.2 Å². The molecule has 17 heavy (non-hydrogen) atoms. The third-order valence-corrected chi connectivity index (χ3v) is 4.77. The maximum atomic E-state index is 10.1. The molecule has 4 atom stereocenters. The van der Waals surface area contributed by atoms with E-state index in [2.05, 4.69) is 18.7 Å². The van der Waals surface area contributed by atoms with Crippen LogP contribution < -0.4 is 0 Å². The Bertz CT molecular complexity index is 231. The van der Waals surface area contributed by atoms with E-state index in [1.807, 2.05) is 0 Å².